The number of carbonyl (C=O) groups excluding carboxylic acids is 1. The normalized spacial score (nSPS) is 11.7. The lowest BCUT2D eigenvalue weighted by atomic mass is 10.1. The van der Waals surface area contributed by atoms with Crippen LogP contribution in [0.1, 0.15) is 15.9 Å². The number of nitrogens with zero attached hydrogens (tertiary/aromatic N) is 1. The molecule has 0 atom stereocenters. The molecule has 7 heteroatoms. The van der Waals surface area contributed by atoms with Gasteiger partial charge in [-0.2, -0.15) is 0 Å². The highest BCUT2D eigenvalue weighted by Gasteiger charge is 2.15. The zero-order chi connectivity index (χ0) is 17.3. The van der Waals surface area contributed by atoms with Crippen molar-refractivity contribution in [2.45, 2.75) is 6.92 Å². The summed E-state index contributed by atoms with van der Waals surface area (Å²) >= 11 is 6.79. The van der Waals surface area contributed by atoms with Crippen LogP contribution >= 0.6 is 31.9 Å². The summed E-state index contributed by atoms with van der Waals surface area (Å²) in [6.07, 6.45) is 0. The summed E-state index contributed by atoms with van der Waals surface area (Å²) in [5.74, 6) is -0.418. The van der Waals surface area contributed by atoms with Gasteiger partial charge in [0.15, 0.2) is 5.58 Å². The van der Waals surface area contributed by atoms with Gasteiger partial charge in [-0.05, 0) is 57.8 Å². The summed E-state index contributed by atoms with van der Waals surface area (Å²) in [6, 6.07) is 12.7. The smallest absolute Gasteiger partial charge is 0.268 e. The number of benzene rings is 2. The highest BCUT2D eigenvalue weighted by Crippen LogP contribution is 2.28. The number of amides is 1. The Morgan fingerprint density at radius 1 is 1.21 bits per heavy atom. The topological polar surface area (TPSA) is 74.8 Å². The second kappa shape index (κ2) is 6.78. The predicted molar refractivity (Wildman–Crippen MR) is 98.1 cm³/mol. The van der Waals surface area contributed by atoms with E-state index >= 15 is 0 Å². The summed E-state index contributed by atoms with van der Waals surface area (Å²) < 4.78 is 7.08. The zero-order valence-electron chi connectivity index (χ0n) is 12.5. The molecule has 0 aliphatic rings. The van der Waals surface area contributed by atoms with Crippen LogP contribution in [0.5, 0.6) is 0 Å². The van der Waals surface area contributed by atoms with Crippen molar-refractivity contribution < 1.29 is 14.4 Å². The summed E-state index contributed by atoms with van der Waals surface area (Å²) in [6.45, 7) is 1.89. The Kier molecular flexibility index (Phi) is 4.73. The third-order valence-electron chi connectivity index (χ3n) is 3.49. The SMILES string of the molecule is Cc1ccccc1NC(=O)c1cc2cc(Br)cc(Br)c2o/c1=N\O. The average molecular weight is 452 g/mol. The second-order valence-corrected chi connectivity index (χ2v) is 6.91. The van der Waals surface area contributed by atoms with E-state index in [4.69, 9.17) is 4.42 Å². The summed E-state index contributed by atoms with van der Waals surface area (Å²) in [5, 5.41) is 15.8. The van der Waals surface area contributed by atoms with E-state index in [0.29, 0.717) is 21.1 Å². The van der Waals surface area contributed by atoms with Crippen LogP contribution in [-0.4, -0.2) is 11.1 Å². The molecule has 3 aromatic rings. The maximum atomic E-state index is 12.6. The van der Waals surface area contributed by atoms with Gasteiger partial charge in [0.2, 0.25) is 0 Å². The number of anilines is 1. The number of para-hydroxylation sites is 1. The lowest BCUT2D eigenvalue weighted by Crippen LogP contribution is -2.22. The van der Waals surface area contributed by atoms with Crippen molar-refractivity contribution in [1.29, 1.82) is 0 Å². The number of hydrogen-bond donors (Lipinski definition) is 2. The molecule has 0 aliphatic heterocycles. The van der Waals surface area contributed by atoms with Crippen molar-refractivity contribution in [3.05, 3.63) is 68.1 Å². The average Bonchev–Trinajstić information content (AvgIpc) is 2.55. The van der Waals surface area contributed by atoms with E-state index in [1.54, 1.807) is 18.2 Å². The van der Waals surface area contributed by atoms with Crippen LogP contribution in [0.4, 0.5) is 5.69 Å². The summed E-state index contributed by atoms with van der Waals surface area (Å²) in [7, 11) is 0. The van der Waals surface area contributed by atoms with Crippen molar-refractivity contribution >= 4 is 54.4 Å². The first-order valence-corrected chi connectivity index (χ1v) is 8.56. The Morgan fingerprint density at radius 3 is 2.67 bits per heavy atom. The molecule has 0 aliphatic carbocycles. The molecule has 5 nitrogen and oxygen atoms in total. The maximum absolute atomic E-state index is 12.6. The van der Waals surface area contributed by atoms with E-state index in [2.05, 4.69) is 42.3 Å². The zero-order valence-corrected chi connectivity index (χ0v) is 15.7. The molecule has 0 radical (unpaired) electrons. The van der Waals surface area contributed by atoms with Crippen molar-refractivity contribution in [2.75, 3.05) is 5.32 Å². The van der Waals surface area contributed by atoms with Gasteiger partial charge < -0.3 is 14.9 Å². The molecule has 0 bridgehead atoms. The minimum absolute atomic E-state index is 0.137. The Bertz CT molecular complexity index is 1010. The number of fused-ring (bicyclic) bond motifs is 1. The van der Waals surface area contributed by atoms with Crippen LogP contribution in [-0.2, 0) is 0 Å². The largest absolute Gasteiger partial charge is 0.434 e. The molecule has 1 aromatic heterocycles. The maximum Gasteiger partial charge on any atom is 0.268 e. The molecule has 0 fully saturated rings. The number of hydrogen-bond acceptors (Lipinski definition) is 4. The Hall–Kier alpha value is -2.12. The van der Waals surface area contributed by atoms with Gasteiger partial charge in [0, 0.05) is 15.5 Å². The molecule has 0 saturated heterocycles. The van der Waals surface area contributed by atoms with Crippen LogP contribution in [0.15, 0.2) is 61.0 Å². The fraction of sp³-hybridized carbons (Fsp3) is 0.0588. The van der Waals surface area contributed by atoms with Crippen LogP contribution in [0.2, 0.25) is 0 Å². The van der Waals surface area contributed by atoms with E-state index in [9.17, 15) is 10.0 Å². The molecule has 0 spiro atoms. The lowest BCUT2D eigenvalue weighted by Gasteiger charge is -2.09. The monoisotopic (exact) mass is 450 g/mol. The Morgan fingerprint density at radius 2 is 1.96 bits per heavy atom. The van der Waals surface area contributed by atoms with Gasteiger partial charge in [-0.15, -0.1) is 0 Å². The van der Waals surface area contributed by atoms with Gasteiger partial charge in [0.1, 0.15) is 5.56 Å². The number of nitrogens with one attached hydrogen (secondary N) is 1. The van der Waals surface area contributed by atoms with Crippen LogP contribution in [0.3, 0.4) is 0 Å². The third kappa shape index (κ3) is 3.22. The van der Waals surface area contributed by atoms with Crippen LogP contribution in [0, 0.1) is 6.92 Å². The van der Waals surface area contributed by atoms with Crippen molar-refractivity contribution in [3.63, 3.8) is 0 Å². The molecule has 1 heterocycles. The number of halogens is 2. The van der Waals surface area contributed by atoms with Crippen molar-refractivity contribution in [2.24, 2.45) is 5.16 Å². The van der Waals surface area contributed by atoms with E-state index in [-0.39, 0.29) is 11.1 Å². The van der Waals surface area contributed by atoms with Crippen molar-refractivity contribution in [3.8, 4) is 0 Å². The van der Waals surface area contributed by atoms with E-state index in [1.165, 1.54) is 0 Å². The lowest BCUT2D eigenvalue weighted by molar-refractivity contribution is 0.102. The minimum Gasteiger partial charge on any atom is -0.434 e. The fourth-order valence-corrected chi connectivity index (χ4v) is 3.64. The molecule has 2 aromatic carbocycles. The first kappa shape index (κ1) is 16.7. The summed E-state index contributed by atoms with van der Waals surface area (Å²) in [4.78, 5) is 12.6. The van der Waals surface area contributed by atoms with Gasteiger partial charge >= 0.3 is 0 Å². The Balaban J connectivity index is 2.11. The molecule has 0 unspecified atom stereocenters. The van der Waals surface area contributed by atoms with Gasteiger partial charge in [0.25, 0.3) is 11.5 Å². The molecular weight excluding hydrogens is 440 g/mol. The molecule has 2 N–H and O–H groups in total. The van der Waals surface area contributed by atoms with Crippen LogP contribution < -0.4 is 10.9 Å². The fourth-order valence-electron chi connectivity index (χ4n) is 2.30. The van der Waals surface area contributed by atoms with Gasteiger partial charge in [-0.3, -0.25) is 4.79 Å². The highest BCUT2D eigenvalue weighted by molar-refractivity contribution is 9.11. The number of aryl methyl sites for hydroxylation is 1. The van der Waals surface area contributed by atoms with E-state index in [1.807, 2.05) is 31.2 Å². The molecule has 3 rings (SSSR count). The number of carbonyl (C=O) groups is 1. The minimum atomic E-state index is -0.418. The van der Waals surface area contributed by atoms with Crippen molar-refractivity contribution in [1.82, 2.24) is 0 Å². The molecule has 122 valence electrons. The first-order valence-electron chi connectivity index (χ1n) is 6.97. The molecule has 0 saturated carbocycles. The standard InChI is InChI=1S/C17H12Br2N2O3/c1-9-4-2-3-5-14(9)20-16(22)12-7-10-6-11(18)8-13(19)15(10)24-17(12)21-23/h2-8,23H,1H3,(H,20,22)/b21-17-. The summed E-state index contributed by atoms with van der Waals surface area (Å²) in [5.41, 5.74) is 2.08. The third-order valence-corrected chi connectivity index (χ3v) is 4.54. The van der Waals surface area contributed by atoms with Gasteiger partial charge in [0.05, 0.1) is 4.47 Å². The van der Waals surface area contributed by atoms with Gasteiger partial charge in [-0.1, -0.05) is 34.1 Å². The van der Waals surface area contributed by atoms with E-state index in [0.717, 1.165) is 10.0 Å². The molecule has 24 heavy (non-hydrogen) atoms. The quantitative estimate of drug-likeness (QED) is 0.433. The van der Waals surface area contributed by atoms with E-state index < -0.39 is 5.91 Å². The highest BCUT2D eigenvalue weighted by atomic mass is 79.9. The first-order chi connectivity index (χ1) is 11.5. The molecule has 1 amide bonds. The number of rotatable bonds is 2. The predicted octanol–water partition coefficient (Wildman–Crippen LogP) is 4.81. The Labute approximate surface area is 154 Å². The second-order valence-electron chi connectivity index (χ2n) is 5.14. The van der Waals surface area contributed by atoms with Crippen LogP contribution in [0.25, 0.3) is 11.0 Å². The van der Waals surface area contributed by atoms with Gasteiger partial charge in [-0.25, -0.2) is 0 Å². The molecular formula is C17H12Br2N2O3.